The molecule has 0 amide bonds. The van der Waals surface area contributed by atoms with Crippen molar-refractivity contribution in [3.05, 3.63) is 69.7 Å². The van der Waals surface area contributed by atoms with E-state index in [9.17, 15) is 0 Å². The molecule has 0 saturated heterocycles. The van der Waals surface area contributed by atoms with Crippen molar-refractivity contribution in [1.29, 1.82) is 0 Å². The first-order valence-electron chi connectivity index (χ1n) is 8.06. The van der Waals surface area contributed by atoms with Crippen molar-refractivity contribution in [1.82, 2.24) is 0 Å². The zero-order valence-corrected chi connectivity index (χ0v) is 14.9. The number of benzene rings is 2. The Bertz CT molecular complexity index is 783. The van der Waals surface area contributed by atoms with Crippen molar-refractivity contribution in [2.45, 2.75) is 25.3 Å². The monoisotopic (exact) mass is 369 g/mol. The number of anilines is 1. The smallest absolute Gasteiger partial charge is 0.142 e. The Morgan fingerprint density at radius 1 is 1.17 bits per heavy atom. The first-order chi connectivity index (χ1) is 11.2. The van der Waals surface area contributed by atoms with E-state index >= 15 is 0 Å². The third-order valence-corrected chi connectivity index (χ3v) is 5.88. The molecule has 118 valence electrons. The van der Waals surface area contributed by atoms with Gasteiger partial charge < -0.3 is 10.1 Å². The lowest BCUT2D eigenvalue weighted by Crippen LogP contribution is -2.30. The average molecular weight is 370 g/mol. The van der Waals surface area contributed by atoms with Gasteiger partial charge in [0.05, 0.1) is 18.8 Å². The molecule has 3 atom stereocenters. The van der Waals surface area contributed by atoms with Crippen molar-refractivity contribution in [2.75, 3.05) is 12.4 Å². The number of halogens is 1. The maximum Gasteiger partial charge on any atom is 0.142 e. The van der Waals surface area contributed by atoms with Gasteiger partial charge in [-0.3, -0.25) is 0 Å². The summed E-state index contributed by atoms with van der Waals surface area (Å²) in [5.74, 6) is 1.94. The van der Waals surface area contributed by atoms with Crippen LogP contribution in [0, 0.1) is 12.8 Å². The highest BCUT2D eigenvalue weighted by atomic mass is 79.9. The van der Waals surface area contributed by atoms with E-state index in [2.05, 4.69) is 76.7 Å². The first-order valence-corrected chi connectivity index (χ1v) is 8.85. The van der Waals surface area contributed by atoms with Gasteiger partial charge in [0.25, 0.3) is 0 Å². The summed E-state index contributed by atoms with van der Waals surface area (Å²) in [6.45, 7) is 2.20. The number of aryl methyl sites for hydroxylation is 1. The van der Waals surface area contributed by atoms with Gasteiger partial charge in [-0.15, -0.1) is 0 Å². The van der Waals surface area contributed by atoms with Gasteiger partial charge in [-0.05, 0) is 48.1 Å². The predicted molar refractivity (Wildman–Crippen MR) is 98.2 cm³/mol. The normalized spacial score (nSPS) is 24.7. The number of nitrogens with one attached hydrogen (secondary N) is 1. The maximum absolute atomic E-state index is 5.63. The van der Waals surface area contributed by atoms with Gasteiger partial charge in [-0.25, -0.2) is 0 Å². The molecule has 2 aromatic rings. The molecule has 0 aromatic heterocycles. The molecule has 1 aliphatic carbocycles. The summed E-state index contributed by atoms with van der Waals surface area (Å²) in [6.07, 6.45) is 5.81. The van der Waals surface area contributed by atoms with E-state index in [1.807, 2.05) is 0 Å². The van der Waals surface area contributed by atoms with Crippen LogP contribution in [0.4, 0.5) is 5.69 Å². The summed E-state index contributed by atoms with van der Waals surface area (Å²) >= 11 is 3.73. The minimum atomic E-state index is 0.286. The number of fused-ring (bicyclic) bond motifs is 3. The van der Waals surface area contributed by atoms with Gasteiger partial charge in [-0.2, -0.15) is 0 Å². The molecule has 0 bridgehead atoms. The Balaban J connectivity index is 1.88. The molecule has 0 saturated carbocycles. The second-order valence-corrected chi connectivity index (χ2v) is 7.22. The Labute approximate surface area is 145 Å². The van der Waals surface area contributed by atoms with E-state index in [0.29, 0.717) is 11.8 Å². The lowest BCUT2D eigenvalue weighted by Gasteiger charge is -2.39. The van der Waals surface area contributed by atoms with Crippen LogP contribution in [0.15, 0.2) is 53.0 Å². The third kappa shape index (κ3) is 2.29. The minimum Gasteiger partial charge on any atom is -0.495 e. The molecule has 0 radical (unpaired) electrons. The summed E-state index contributed by atoms with van der Waals surface area (Å²) in [4.78, 5) is 0. The molecule has 2 aromatic carbocycles. The van der Waals surface area contributed by atoms with Crippen LogP contribution in [0.5, 0.6) is 5.75 Å². The van der Waals surface area contributed by atoms with Crippen LogP contribution in [-0.2, 0) is 0 Å². The maximum atomic E-state index is 5.63. The molecule has 23 heavy (non-hydrogen) atoms. The highest BCUT2D eigenvalue weighted by Gasteiger charge is 2.40. The lowest BCUT2D eigenvalue weighted by atomic mass is 9.75. The molecular weight excluding hydrogens is 350 g/mol. The molecule has 2 nitrogen and oxygen atoms in total. The number of ether oxygens (including phenoxy) is 1. The van der Waals surface area contributed by atoms with Crippen LogP contribution < -0.4 is 10.1 Å². The summed E-state index contributed by atoms with van der Waals surface area (Å²) in [7, 11) is 1.75. The molecular formula is C20H20BrNO. The van der Waals surface area contributed by atoms with E-state index in [4.69, 9.17) is 4.74 Å². The van der Waals surface area contributed by atoms with Gasteiger partial charge in [0.15, 0.2) is 0 Å². The predicted octanol–water partition coefficient (Wildman–Crippen LogP) is 5.59. The molecule has 0 spiro atoms. The average Bonchev–Trinajstić information content (AvgIpc) is 3.04. The molecule has 1 N–H and O–H groups in total. The zero-order valence-electron chi connectivity index (χ0n) is 13.3. The SMILES string of the molecule is COc1ccc(C)c2c1N[C@H](c1ccccc1Br)[C@H]1CC=C[C@@H]21. The minimum absolute atomic E-state index is 0.286. The van der Waals surface area contributed by atoms with Gasteiger partial charge in [0, 0.05) is 10.4 Å². The topological polar surface area (TPSA) is 21.3 Å². The van der Waals surface area contributed by atoms with E-state index in [1.165, 1.54) is 21.2 Å². The summed E-state index contributed by atoms with van der Waals surface area (Å²) in [6, 6.07) is 13.0. The number of allylic oxidation sites excluding steroid dienone is 2. The molecule has 1 aliphatic heterocycles. The van der Waals surface area contributed by atoms with Crippen molar-refractivity contribution >= 4 is 21.6 Å². The van der Waals surface area contributed by atoms with E-state index in [1.54, 1.807) is 7.11 Å². The molecule has 0 unspecified atom stereocenters. The second kappa shape index (κ2) is 5.72. The summed E-state index contributed by atoms with van der Waals surface area (Å²) in [5.41, 5.74) is 5.20. The first kappa shape index (κ1) is 14.8. The fourth-order valence-electron chi connectivity index (χ4n) is 4.08. The van der Waals surface area contributed by atoms with Crippen molar-refractivity contribution in [3.63, 3.8) is 0 Å². The Morgan fingerprint density at radius 3 is 2.78 bits per heavy atom. The van der Waals surface area contributed by atoms with Crippen LogP contribution in [0.3, 0.4) is 0 Å². The third-order valence-electron chi connectivity index (χ3n) is 5.16. The van der Waals surface area contributed by atoms with Gasteiger partial charge in [-0.1, -0.05) is 52.3 Å². The molecule has 4 rings (SSSR count). The van der Waals surface area contributed by atoms with E-state index in [0.717, 1.165) is 17.9 Å². The van der Waals surface area contributed by atoms with Gasteiger partial charge >= 0.3 is 0 Å². The molecule has 1 heterocycles. The Morgan fingerprint density at radius 2 is 2.00 bits per heavy atom. The quantitative estimate of drug-likeness (QED) is 0.696. The van der Waals surface area contributed by atoms with Crippen LogP contribution in [0.25, 0.3) is 0 Å². The number of rotatable bonds is 2. The van der Waals surface area contributed by atoms with Crippen molar-refractivity contribution in [2.24, 2.45) is 5.92 Å². The van der Waals surface area contributed by atoms with Crippen molar-refractivity contribution < 1.29 is 4.74 Å². The number of hydrogen-bond donors (Lipinski definition) is 1. The fraction of sp³-hybridized carbons (Fsp3) is 0.300. The lowest BCUT2D eigenvalue weighted by molar-refractivity contribution is 0.396. The van der Waals surface area contributed by atoms with E-state index in [-0.39, 0.29) is 6.04 Å². The molecule has 2 aliphatic rings. The standard InChI is InChI=1S/C20H20BrNO/c1-12-10-11-17(23-2)20-18(12)13-7-5-8-14(13)19(22-20)15-6-3-4-9-16(15)21/h3-7,9-11,13-14,19,22H,8H2,1-2H3/t13-,14+,19+/m1/s1. The van der Waals surface area contributed by atoms with E-state index < -0.39 is 0 Å². The fourth-order valence-corrected chi connectivity index (χ4v) is 4.61. The summed E-state index contributed by atoms with van der Waals surface area (Å²) in [5, 5.41) is 3.79. The molecule has 0 fully saturated rings. The highest BCUT2D eigenvalue weighted by Crippen LogP contribution is 2.53. The summed E-state index contributed by atoms with van der Waals surface area (Å²) < 4.78 is 6.80. The largest absolute Gasteiger partial charge is 0.495 e. The molecule has 3 heteroatoms. The second-order valence-electron chi connectivity index (χ2n) is 6.37. The van der Waals surface area contributed by atoms with Gasteiger partial charge in [0.2, 0.25) is 0 Å². The number of methoxy groups -OCH3 is 1. The Kier molecular flexibility index (Phi) is 3.68. The zero-order chi connectivity index (χ0) is 16.0. The number of hydrogen-bond acceptors (Lipinski definition) is 2. The van der Waals surface area contributed by atoms with Crippen LogP contribution in [0.2, 0.25) is 0 Å². The van der Waals surface area contributed by atoms with Crippen LogP contribution in [0.1, 0.15) is 35.1 Å². The van der Waals surface area contributed by atoms with Crippen molar-refractivity contribution in [3.8, 4) is 5.75 Å². The highest BCUT2D eigenvalue weighted by molar-refractivity contribution is 9.10. The Hall–Kier alpha value is -1.74. The van der Waals surface area contributed by atoms with Crippen LogP contribution >= 0.6 is 15.9 Å². The van der Waals surface area contributed by atoms with Gasteiger partial charge in [0.1, 0.15) is 5.75 Å². The van der Waals surface area contributed by atoms with Crippen LogP contribution in [-0.4, -0.2) is 7.11 Å².